The molecular weight excluding hydrogens is 264 g/mol. The van der Waals surface area contributed by atoms with Gasteiger partial charge in [-0.05, 0) is 42.8 Å². The maximum Gasteiger partial charge on any atom is 0.0469 e. The molecule has 0 saturated heterocycles. The molecule has 0 atom stereocenters. The Morgan fingerprint density at radius 1 is 1.05 bits per heavy atom. The van der Waals surface area contributed by atoms with Crippen molar-refractivity contribution in [2.45, 2.75) is 51.4 Å². The molecule has 1 aromatic rings. The van der Waals surface area contributed by atoms with Gasteiger partial charge in [0.15, 0.2) is 0 Å². The second kappa shape index (κ2) is 13.4. The van der Waals surface area contributed by atoms with E-state index < -0.39 is 0 Å². The standard InChI is InChI=1S/C16H26N4O/c17-20-19-12-5-3-1-2-4-6-13-21-14-8-10-16-9-7-11-18-15-16/h7,9,11,15H,1-6,8,10,12-14H2. The number of rotatable bonds is 13. The highest BCUT2D eigenvalue weighted by Crippen LogP contribution is 2.06. The first kappa shape index (κ1) is 17.5. The summed E-state index contributed by atoms with van der Waals surface area (Å²) >= 11 is 0. The number of unbranched alkanes of at least 4 members (excludes halogenated alkanes) is 5. The van der Waals surface area contributed by atoms with Crippen molar-refractivity contribution in [1.29, 1.82) is 0 Å². The van der Waals surface area contributed by atoms with Gasteiger partial charge in [0.1, 0.15) is 0 Å². The van der Waals surface area contributed by atoms with Gasteiger partial charge in [-0.3, -0.25) is 4.98 Å². The molecule has 0 N–H and O–H groups in total. The average Bonchev–Trinajstić information content (AvgIpc) is 2.53. The van der Waals surface area contributed by atoms with Crippen LogP contribution < -0.4 is 0 Å². The molecule has 0 aliphatic rings. The molecule has 0 aliphatic heterocycles. The van der Waals surface area contributed by atoms with Crippen molar-refractivity contribution in [1.82, 2.24) is 4.98 Å². The largest absolute Gasteiger partial charge is 0.381 e. The van der Waals surface area contributed by atoms with Crippen LogP contribution in [0.1, 0.15) is 50.5 Å². The fourth-order valence-corrected chi connectivity index (χ4v) is 2.16. The minimum absolute atomic E-state index is 0.635. The lowest BCUT2D eigenvalue weighted by molar-refractivity contribution is 0.127. The van der Waals surface area contributed by atoms with Crippen LogP contribution in [0.2, 0.25) is 0 Å². The third-order valence-electron chi connectivity index (χ3n) is 3.34. The van der Waals surface area contributed by atoms with Gasteiger partial charge in [0.25, 0.3) is 0 Å². The predicted molar refractivity (Wildman–Crippen MR) is 85.1 cm³/mol. The van der Waals surface area contributed by atoms with E-state index in [9.17, 15) is 0 Å². The molecule has 5 nitrogen and oxygen atoms in total. The van der Waals surface area contributed by atoms with Gasteiger partial charge in [-0.1, -0.05) is 36.9 Å². The number of aryl methyl sites for hydroxylation is 1. The summed E-state index contributed by atoms with van der Waals surface area (Å²) in [6, 6.07) is 4.08. The summed E-state index contributed by atoms with van der Waals surface area (Å²) in [5, 5.41) is 3.53. The van der Waals surface area contributed by atoms with E-state index in [0.29, 0.717) is 6.54 Å². The van der Waals surface area contributed by atoms with Gasteiger partial charge in [-0.2, -0.15) is 0 Å². The molecule has 1 aromatic heterocycles. The van der Waals surface area contributed by atoms with Gasteiger partial charge in [0, 0.05) is 37.1 Å². The maximum absolute atomic E-state index is 8.13. The fraction of sp³-hybridized carbons (Fsp3) is 0.688. The Morgan fingerprint density at radius 3 is 2.57 bits per heavy atom. The summed E-state index contributed by atoms with van der Waals surface area (Å²) in [4.78, 5) is 6.84. The molecule has 116 valence electrons. The third-order valence-corrected chi connectivity index (χ3v) is 3.34. The molecule has 0 amide bonds. The van der Waals surface area contributed by atoms with E-state index in [1.54, 1.807) is 6.20 Å². The van der Waals surface area contributed by atoms with Crippen LogP contribution in [-0.2, 0) is 11.2 Å². The van der Waals surface area contributed by atoms with Crippen molar-refractivity contribution >= 4 is 0 Å². The highest BCUT2D eigenvalue weighted by molar-refractivity contribution is 5.08. The fourth-order valence-electron chi connectivity index (χ4n) is 2.16. The minimum Gasteiger partial charge on any atom is -0.381 e. The zero-order valence-electron chi connectivity index (χ0n) is 12.8. The van der Waals surface area contributed by atoms with Gasteiger partial charge in [0.05, 0.1) is 0 Å². The minimum atomic E-state index is 0.635. The number of azide groups is 1. The third kappa shape index (κ3) is 10.8. The van der Waals surface area contributed by atoms with Crippen LogP contribution in [-0.4, -0.2) is 24.7 Å². The van der Waals surface area contributed by atoms with Crippen LogP contribution >= 0.6 is 0 Å². The van der Waals surface area contributed by atoms with Gasteiger partial charge >= 0.3 is 0 Å². The summed E-state index contributed by atoms with van der Waals surface area (Å²) in [6.07, 6.45) is 12.8. The quantitative estimate of drug-likeness (QED) is 0.229. The molecule has 21 heavy (non-hydrogen) atoms. The molecule has 1 heterocycles. The number of pyridine rings is 1. The van der Waals surface area contributed by atoms with Crippen molar-refractivity contribution in [2.24, 2.45) is 5.11 Å². The number of hydrogen-bond donors (Lipinski definition) is 0. The Balaban J connectivity index is 1.77. The molecule has 0 bridgehead atoms. The zero-order valence-corrected chi connectivity index (χ0v) is 12.8. The monoisotopic (exact) mass is 290 g/mol. The highest BCUT2D eigenvalue weighted by atomic mass is 16.5. The number of nitrogens with zero attached hydrogens (tertiary/aromatic N) is 4. The number of hydrogen-bond acceptors (Lipinski definition) is 3. The molecule has 0 spiro atoms. The lowest BCUT2D eigenvalue weighted by Gasteiger charge is -2.04. The second-order valence-corrected chi connectivity index (χ2v) is 5.15. The van der Waals surface area contributed by atoms with Crippen LogP contribution in [0.25, 0.3) is 10.4 Å². The van der Waals surface area contributed by atoms with E-state index in [1.165, 1.54) is 24.8 Å². The average molecular weight is 290 g/mol. The molecule has 0 unspecified atom stereocenters. The summed E-state index contributed by atoms with van der Waals surface area (Å²) in [5.74, 6) is 0. The Bertz CT molecular complexity index is 391. The SMILES string of the molecule is [N-]=[N+]=NCCCCCCCCOCCCc1cccnc1. The van der Waals surface area contributed by atoms with E-state index >= 15 is 0 Å². The lowest BCUT2D eigenvalue weighted by atomic mass is 10.1. The first-order valence-electron chi connectivity index (χ1n) is 7.91. The van der Waals surface area contributed by atoms with Crippen LogP contribution in [0.4, 0.5) is 0 Å². The number of ether oxygens (including phenoxy) is 1. The Hall–Kier alpha value is -1.58. The van der Waals surface area contributed by atoms with Crippen molar-refractivity contribution in [3.8, 4) is 0 Å². The smallest absolute Gasteiger partial charge is 0.0469 e. The first-order valence-corrected chi connectivity index (χ1v) is 7.91. The van der Waals surface area contributed by atoms with Gasteiger partial charge in [0.2, 0.25) is 0 Å². The van der Waals surface area contributed by atoms with Crippen LogP contribution in [0.3, 0.4) is 0 Å². The molecule has 5 heteroatoms. The summed E-state index contributed by atoms with van der Waals surface area (Å²) in [5.41, 5.74) is 9.41. The zero-order chi connectivity index (χ0) is 15.0. The summed E-state index contributed by atoms with van der Waals surface area (Å²) in [6.45, 7) is 2.34. The Labute approximate surface area is 127 Å². The van der Waals surface area contributed by atoms with Gasteiger partial charge in [-0.25, -0.2) is 0 Å². The first-order chi connectivity index (χ1) is 10.4. The normalized spacial score (nSPS) is 10.3. The van der Waals surface area contributed by atoms with Crippen molar-refractivity contribution < 1.29 is 4.74 Å². The molecule has 1 rings (SSSR count). The molecule has 0 fully saturated rings. The van der Waals surface area contributed by atoms with E-state index in [0.717, 1.165) is 45.3 Å². The van der Waals surface area contributed by atoms with E-state index in [4.69, 9.17) is 10.3 Å². The predicted octanol–water partition coefficient (Wildman–Crippen LogP) is 4.68. The van der Waals surface area contributed by atoms with E-state index in [-0.39, 0.29) is 0 Å². The molecule has 0 aromatic carbocycles. The topological polar surface area (TPSA) is 70.9 Å². The maximum atomic E-state index is 8.13. The summed E-state index contributed by atoms with van der Waals surface area (Å²) in [7, 11) is 0. The van der Waals surface area contributed by atoms with Crippen LogP contribution in [0.5, 0.6) is 0 Å². The molecule has 0 saturated carbocycles. The Morgan fingerprint density at radius 2 is 1.81 bits per heavy atom. The van der Waals surface area contributed by atoms with E-state index in [2.05, 4.69) is 21.1 Å². The Kier molecular flexibility index (Phi) is 11.2. The highest BCUT2D eigenvalue weighted by Gasteiger charge is 1.94. The van der Waals surface area contributed by atoms with E-state index in [1.807, 2.05) is 12.3 Å². The van der Waals surface area contributed by atoms with Crippen molar-refractivity contribution in [3.05, 3.63) is 40.5 Å². The van der Waals surface area contributed by atoms with Crippen molar-refractivity contribution in [2.75, 3.05) is 19.8 Å². The lowest BCUT2D eigenvalue weighted by Crippen LogP contribution is -1.99. The van der Waals surface area contributed by atoms with Gasteiger partial charge < -0.3 is 4.74 Å². The van der Waals surface area contributed by atoms with Crippen molar-refractivity contribution in [3.63, 3.8) is 0 Å². The number of aromatic nitrogens is 1. The molecule has 0 radical (unpaired) electrons. The summed E-state index contributed by atoms with van der Waals surface area (Å²) < 4.78 is 5.64. The second-order valence-electron chi connectivity index (χ2n) is 5.15. The van der Waals surface area contributed by atoms with Crippen LogP contribution in [0, 0.1) is 0 Å². The van der Waals surface area contributed by atoms with Gasteiger partial charge in [-0.15, -0.1) is 0 Å². The molecule has 0 aliphatic carbocycles. The molecular formula is C16H26N4O. The van der Waals surface area contributed by atoms with Crippen LogP contribution in [0.15, 0.2) is 29.6 Å².